The van der Waals surface area contributed by atoms with Crippen molar-refractivity contribution in [3.63, 3.8) is 0 Å². The zero-order valence-electron chi connectivity index (χ0n) is 15.9. The number of carbonyl (C=O) groups is 1. The Labute approximate surface area is 160 Å². The molecule has 26 heavy (non-hydrogen) atoms. The summed E-state index contributed by atoms with van der Waals surface area (Å²) in [4.78, 5) is 24.8. The molecule has 0 atom stereocenters. The second-order valence-electron chi connectivity index (χ2n) is 8.33. The lowest BCUT2D eigenvalue weighted by molar-refractivity contribution is 0.0152. The summed E-state index contributed by atoms with van der Waals surface area (Å²) in [5.41, 5.74) is -0.427. The number of likely N-dealkylation sites (tertiary alicyclic amines) is 1. The molecular weight excluding hydrogens is 352 g/mol. The highest BCUT2D eigenvalue weighted by Gasteiger charge is 2.32. The van der Waals surface area contributed by atoms with Gasteiger partial charge in [-0.05, 0) is 58.3 Å². The molecular formula is C19H29ClN4O2. The molecule has 0 spiro atoms. The largest absolute Gasteiger partial charge is 0.444 e. The molecule has 2 aliphatic heterocycles. The Balaban J connectivity index is 1.46. The van der Waals surface area contributed by atoms with Crippen molar-refractivity contribution >= 4 is 23.5 Å². The molecule has 1 amide bonds. The van der Waals surface area contributed by atoms with Gasteiger partial charge in [-0.25, -0.2) is 9.78 Å². The van der Waals surface area contributed by atoms with Crippen LogP contribution in [0.1, 0.15) is 46.5 Å². The fourth-order valence-corrected chi connectivity index (χ4v) is 4.11. The lowest BCUT2D eigenvalue weighted by Crippen LogP contribution is -2.44. The molecule has 3 rings (SSSR count). The van der Waals surface area contributed by atoms with Gasteiger partial charge in [0.25, 0.3) is 0 Å². The minimum absolute atomic E-state index is 0.176. The van der Waals surface area contributed by atoms with Crippen molar-refractivity contribution in [2.45, 2.75) is 52.1 Å². The van der Waals surface area contributed by atoms with Crippen LogP contribution in [0.2, 0.25) is 5.15 Å². The summed E-state index contributed by atoms with van der Waals surface area (Å²) in [5, 5.41) is 0.444. The molecule has 0 unspecified atom stereocenters. The molecule has 7 heteroatoms. The minimum Gasteiger partial charge on any atom is -0.444 e. The van der Waals surface area contributed by atoms with Crippen LogP contribution in [0.3, 0.4) is 0 Å². The number of rotatable bonds is 2. The highest BCUT2D eigenvalue weighted by Crippen LogP contribution is 2.33. The second kappa shape index (κ2) is 7.99. The van der Waals surface area contributed by atoms with Gasteiger partial charge in [0.1, 0.15) is 16.6 Å². The van der Waals surface area contributed by atoms with Gasteiger partial charge < -0.3 is 14.5 Å². The number of amides is 1. The molecule has 0 bridgehead atoms. The summed E-state index contributed by atoms with van der Waals surface area (Å²) in [5.74, 6) is 2.29. The molecule has 2 saturated heterocycles. The average molecular weight is 381 g/mol. The summed E-state index contributed by atoms with van der Waals surface area (Å²) in [6, 6.07) is 0. The first-order chi connectivity index (χ1) is 12.3. The van der Waals surface area contributed by atoms with Gasteiger partial charge in [0.2, 0.25) is 0 Å². The van der Waals surface area contributed by atoms with Gasteiger partial charge in [0.05, 0.1) is 12.4 Å². The fraction of sp³-hybridized carbons (Fsp3) is 0.737. The predicted octanol–water partition coefficient (Wildman–Crippen LogP) is 3.99. The van der Waals surface area contributed by atoms with Crippen LogP contribution in [0.5, 0.6) is 0 Å². The standard InChI is InChI=1S/C19H29ClN4O2/c1-19(2,3)26-18(25)24-10-6-15(7-11-24)14-4-8-23(9-5-14)17-13-21-12-16(20)22-17/h12-15H,4-11H2,1-3H3. The molecule has 1 aromatic rings. The lowest BCUT2D eigenvalue weighted by Gasteiger charge is -2.40. The molecule has 1 aromatic heterocycles. The number of carbonyl (C=O) groups excluding carboxylic acids is 1. The fourth-order valence-electron chi connectivity index (χ4n) is 3.96. The average Bonchev–Trinajstić information content (AvgIpc) is 2.61. The Kier molecular flexibility index (Phi) is 5.90. The normalized spacial score (nSPS) is 20.3. The first-order valence-electron chi connectivity index (χ1n) is 9.52. The highest BCUT2D eigenvalue weighted by atomic mass is 35.5. The Morgan fingerprint density at radius 3 is 2.19 bits per heavy atom. The molecule has 0 aromatic carbocycles. The Bertz CT molecular complexity index is 618. The molecule has 0 saturated carbocycles. The van der Waals surface area contributed by atoms with Gasteiger partial charge in [0.15, 0.2) is 0 Å². The predicted molar refractivity (Wildman–Crippen MR) is 103 cm³/mol. The zero-order valence-corrected chi connectivity index (χ0v) is 16.7. The Hall–Kier alpha value is -1.56. The van der Waals surface area contributed by atoms with E-state index in [0.29, 0.717) is 11.1 Å². The summed E-state index contributed by atoms with van der Waals surface area (Å²) < 4.78 is 5.49. The number of nitrogens with zero attached hydrogens (tertiary/aromatic N) is 4. The van der Waals surface area contributed by atoms with Crippen molar-refractivity contribution in [1.29, 1.82) is 0 Å². The maximum absolute atomic E-state index is 12.2. The van der Waals surface area contributed by atoms with E-state index in [9.17, 15) is 4.79 Å². The first kappa shape index (κ1) is 19.2. The molecule has 2 aliphatic rings. The van der Waals surface area contributed by atoms with Crippen molar-refractivity contribution in [3.05, 3.63) is 17.5 Å². The first-order valence-corrected chi connectivity index (χ1v) is 9.90. The third-order valence-corrected chi connectivity index (χ3v) is 5.50. The number of aromatic nitrogens is 2. The van der Waals surface area contributed by atoms with Crippen LogP contribution in [-0.4, -0.2) is 52.7 Å². The number of ether oxygens (including phenoxy) is 1. The molecule has 144 valence electrons. The van der Waals surface area contributed by atoms with E-state index in [4.69, 9.17) is 16.3 Å². The van der Waals surface area contributed by atoms with Gasteiger partial charge in [-0.15, -0.1) is 0 Å². The number of hydrogen-bond donors (Lipinski definition) is 0. The SMILES string of the molecule is CC(C)(C)OC(=O)N1CCC(C2CCN(c3cncc(Cl)n3)CC2)CC1. The van der Waals surface area contributed by atoms with Crippen LogP contribution in [0.4, 0.5) is 10.6 Å². The van der Waals surface area contributed by atoms with Gasteiger partial charge >= 0.3 is 6.09 Å². The number of halogens is 1. The van der Waals surface area contributed by atoms with Crippen molar-refractivity contribution < 1.29 is 9.53 Å². The monoisotopic (exact) mass is 380 g/mol. The number of hydrogen-bond acceptors (Lipinski definition) is 5. The molecule has 0 radical (unpaired) electrons. The van der Waals surface area contributed by atoms with Crippen molar-refractivity contribution in [1.82, 2.24) is 14.9 Å². The molecule has 0 N–H and O–H groups in total. The van der Waals surface area contributed by atoms with E-state index < -0.39 is 5.60 Å². The molecule has 0 aliphatic carbocycles. The summed E-state index contributed by atoms with van der Waals surface area (Å²) in [6.07, 6.45) is 7.63. The smallest absolute Gasteiger partial charge is 0.410 e. The van der Waals surface area contributed by atoms with E-state index in [1.54, 1.807) is 12.4 Å². The Morgan fingerprint density at radius 2 is 1.65 bits per heavy atom. The third-order valence-electron chi connectivity index (χ3n) is 5.31. The Morgan fingerprint density at radius 1 is 1.08 bits per heavy atom. The highest BCUT2D eigenvalue weighted by molar-refractivity contribution is 6.29. The van der Waals surface area contributed by atoms with Crippen LogP contribution in [0.25, 0.3) is 0 Å². The molecule has 6 nitrogen and oxygen atoms in total. The lowest BCUT2D eigenvalue weighted by atomic mass is 9.79. The summed E-state index contributed by atoms with van der Waals surface area (Å²) in [7, 11) is 0. The van der Waals surface area contributed by atoms with Crippen LogP contribution in [-0.2, 0) is 4.74 Å². The quantitative estimate of drug-likeness (QED) is 0.776. The van der Waals surface area contributed by atoms with Gasteiger partial charge in [-0.3, -0.25) is 4.98 Å². The van der Waals surface area contributed by atoms with Crippen LogP contribution in [0.15, 0.2) is 12.4 Å². The second-order valence-corrected chi connectivity index (χ2v) is 8.72. The maximum atomic E-state index is 12.2. The van der Waals surface area contributed by atoms with E-state index in [-0.39, 0.29) is 6.09 Å². The summed E-state index contributed by atoms with van der Waals surface area (Å²) in [6.45, 7) is 9.33. The van der Waals surface area contributed by atoms with E-state index in [1.165, 1.54) is 0 Å². The van der Waals surface area contributed by atoms with Gasteiger partial charge in [0, 0.05) is 26.2 Å². The van der Waals surface area contributed by atoms with E-state index >= 15 is 0 Å². The van der Waals surface area contributed by atoms with Crippen molar-refractivity contribution in [3.8, 4) is 0 Å². The maximum Gasteiger partial charge on any atom is 0.410 e. The molecule has 2 fully saturated rings. The molecule has 3 heterocycles. The minimum atomic E-state index is -0.427. The van der Waals surface area contributed by atoms with Gasteiger partial charge in [-0.2, -0.15) is 0 Å². The van der Waals surface area contributed by atoms with Crippen molar-refractivity contribution in [2.24, 2.45) is 11.8 Å². The van der Waals surface area contributed by atoms with E-state index in [2.05, 4.69) is 14.9 Å². The van der Waals surface area contributed by atoms with Crippen LogP contribution >= 0.6 is 11.6 Å². The topological polar surface area (TPSA) is 58.6 Å². The summed E-state index contributed by atoms with van der Waals surface area (Å²) >= 11 is 5.95. The van der Waals surface area contributed by atoms with Crippen LogP contribution < -0.4 is 4.90 Å². The van der Waals surface area contributed by atoms with E-state index in [1.807, 2.05) is 25.7 Å². The third kappa shape index (κ3) is 5.00. The zero-order chi connectivity index (χ0) is 18.7. The van der Waals surface area contributed by atoms with E-state index in [0.717, 1.165) is 63.6 Å². The number of piperidine rings is 2. The number of anilines is 1. The van der Waals surface area contributed by atoms with Gasteiger partial charge in [-0.1, -0.05) is 11.6 Å². The van der Waals surface area contributed by atoms with Crippen LogP contribution in [0, 0.1) is 11.8 Å². The van der Waals surface area contributed by atoms with Crippen molar-refractivity contribution in [2.75, 3.05) is 31.1 Å².